The van der Waals surface area contributed by atoms with Crippen LogP contribution in [0.5, 0.6) is 0 Å². The van der Waals surface area contributed by atoms with Gasteiger partial charge in [0.2, 0.25) is 0 Å². The first kappa shape index (κ1) is 40.0. The zero-order valence-electron chi connectivity index (χ0n) is 22.3. The second kappa shape index (κ2) is 23.6. The second-order valence-electron chi connectivity index (χ2n) is 8.11. The Morgan fingerprint density at radius 2 is 1.19 bits per heavy atom. The van der Waals surface area contributed by atoms with Crippen LogP contribution in [0.25, 0.3) is 0 Å². The highest BCUT2D eigenvalue weighted by Gasteiger charge is 2.22. The van der Waals surface area contributed by atoms with E-state index in [1.807, 2.05) is 23.9 Å². The van der Waals surface area contributed by atoms with Crippen molar-refractivity contribution in [3.8, 4) is 0 Å². The lowest BCUT2D eigenvalue weighted by atomic mass is 10.3. The normalized spacial score (nSPS) is 13.8. The van der Waals surface area contributed by atoms with Crippen LogP contribution < -0.4 is 0 Å². The number of ether oxygens (including phenoxy) is 4. The summed E-state index contributed by atoms with van der Waals surface area (Å²) >= 11 is 11.1. The molecule has 0 aromatic carbocycles. The van der Waals surface area contributed by atoms with Crippen LogP contribution in [0.15, 0.2) is 0 Å². The van der Waals surface area contributed by atoms with Gasteiger partial charge < -0.3 is 33.9 Å². The van der Waals surface area contributed by atoms with Gasteiger partial charge in [0, 0.05) is 37.9 Å². The Hall–Kier alpha value is -1.50. The van der Waals surface area contributed by atoms with Crippen LogP contribution in [0, 0.1) is 0 Å². The maximum atomic E-state index is 11.5. The minimum Gasteiger partial charge on any atom is -0.462 e. The summed E-state index contributed by atoms with van der Waals surface area (Å²) in [4.78, 5) is 48.8. The van der Waals surface area contributed by atoms with E-state index < -0.39 is 42.3 Å². The van der Waals surface area contributed by atoms with E-state index >= 15 is 0 Å². The molecule has 1 N–H and O–H groups in total. The summed E-state index contributed by atoms with van der Waals surface area (Å²) in [5, 5.41) is 8.91. The number of aliphatic hydroxyl groups excluding tert-OH is 1. The van der Waals surface area contributed by atoms with Gasteiger partial charge in [-0.15, -0.1) is 23.2 Å². The number of alkyl halides is 2. The first-order chi connectivity index (χ1) is 16.8. The van der Waals surface area contributed by atoms with Crippen LogP contribution in [-0.2, 0) is 38.1 Å². The van der Waals surface area contributed by atoms with Gasteiger partial charge in [0.05, 0.1) is 6.61 Å². The van der Waals surface area contributed by atoms with Crippen molar-refractivity contribution in [2.45, 2.75) is 66.5 Å². The molecule has 0 saturated carbocycles. The van der Waals surface area contributed by atoms with Gasteiger partial charge in [-0.05, 0) is 48.7 Å². The fraction of sp³-hybridized carbons (Fsp3) is 0.833. The number of carbonyl (C=O) groups is 4. The van der Waals surface area contributed by atoms with Crippen molar-refractivity contribution in [3.63, 3.8) is 0 Å². The first-order valence-electron chi connectivity index (χ1n) is 11.6. The molecule has 0 saturated heterocycles. The highest BCUT2D eigenvalue weighted by Crippen LogP contribution is 2.01. The van der Waals surface area contributed by atoms with Gasteiger partial charge in [-0.25, -0.2) is 14.4 Å². The summed E-state index contributed by atoms with van der Waals surface area (Å²) in [6, 6.07) is 0. The lowest BCUT2D eigenvalue weighted by molar-refractivity contribution is -0.171. The molecule has 0 rings (SSSR count). The molecule has 37 heavy (non-hydrogen) atoms. The Kier molecular flexibility index (Phi) is 25.5. The molecule has 0 bridgehead atoms. The van der Waals surface area contributed by atoms with Crippen molar-refractivity contribution < 1.29 is 43.2 Å². The van der Waals surface area contributed by atoms with Crippen molar-refractivity contribution in [2.24, 2.45) is 0 Å². The molecule has 0 aliphatic heterocycles. The standard InChI is InChI=1S/C12H22ClNO4.C11H20ClNO5.CH4/c1-9(15)10(2)18-12(16)11(3)17-8-7-14(4)6-5-13;1-8(14)10(15)18-9(2)11(16)17-7-6-13(3)5-4-12;/h10-11H,5-8H2,1-4H3;8-9,14H,4-7H2,1-3H3;1H4. The molecule has 0 aliphatic carbocycles. The number of Topliss-reactive ketones (excluding diaryl/α,β-unsaturated/α-hetero) is 1. The number of hydrogen-bond donors (Lipinski definition) is 1. The molecule has 0 heterocycles. The average molecular weight is 578 g/mol. The number of halogens is 2. The molecule has 0 amide bonds. The Morgan fingerprint density at radius 3 is 1.62 bits per heavy atom. The number of likely N-dealkylation sites (N-methyl/N-ethyl adjacent to an activating group) is 2. The molecular formula is C24H46Cl2N2O9. The SMILES string of the molecule is C.CC(=O)C(C)OC(=O)C(C)OCCN(C)CCCl.CC(O)C(=O)OC(C)C(=O)OCCN(C)CCCl. The number of esters is 3. The lowest BCUT2D eigenvalue weighted by Crippen LogP contribution is -2.32. The maximum Gasteiger partial charge on any atom is 0.347 e. The van der Waals surface area contributed by atoms with Crippen LogP contribution in [0.4, 0.5) is 0 Å². The Labute approximate surface area is 231 Å². The summed E-state index contributed by atoms with van der Waals surface area (Å²) in [6.45, 7) is 10.5. The smallest absolute Gasteiger partial charge is 0.347 e. The molecular weight excluding hydrogens is 531 g/mol. The monoisotopic (exact) mass is 576 g/mol. The summed E-state index contributed by atoms with van der Waals surface area (Å²) < 4.78 is 19.9. The molecule has 0 aliphatic rings. The number of rotatable bonds is 17. The second-order valence-corrected chi connectivity index (χ2v) is 8.87. The van der Waals surface area contributed by atoms with Crippen molar-refractivity contribution >= 4 is 46.9 Å². The van der Waals surface area contributed by atoms with Crippen LogP contribution >= 0.6 is 23.2 Å². The zero-order chi connectivity index (χ0) is 28.3. The molecule has 0 aromatic rings. The minimum atomic E-state index is -1.25. The highest BCUT2D eigenvalue weighted by molar-refractivity contribution is 6.18. The highest BCUT2D eigenvalue weighted by atomic mass is 35.5. The molecule has 0 radical (unpaired) electrons. The zero-order valence-corrected chi connectivity index (χ0v) is 23.8. The molecule has 220 valence electrons. The van der Waals surface area contributed by atoms with Crippen molar-refractivity contribution in [1.82, 2.24) is 9.80 Å². The van der Waals surface area contributed by atoms with Gasteiger partial charge in [0.15, 0.2) is 24.1 Å². The topological polar surface area (TPSA) is 132 Å². The summed E-state index contributed by atoms with van der Waals surface area (Å²) in [5.41, 5.74) is 0. The van der Waals surface area contributed by atoms with E-state index in [2.05, 4.69) is 4.74 Å². The predicted molar refractivity (Wildman–Crippen MR) is 143 cm³/mol. The van der Waals surface area contributed by atoms with E-state index in [4.69, 9.17) is 42.5 Å². The molecule has 0 aromatic heterocycles. The van der Waals surface area contributed by atoms with Gasteiger partial charge in [-0.3, -0.25) is 4.79 Å². The lowest BCUT2D eigenvalue weighted by Gasteiger charge is -2.18. The van der Waals surface area contributed by atoms with Crippen LogP contribution in [0.2, 0.25) is 0 Å². The van der Waals surface area contributed by atoms with Gasteiger partial charge in [0.25, 0.3) is 0 Å². The van der Waals surface area contributed by atoms with Crippen LogP contribution in [0.3, 0.4) is 0 Å². The number of hydrogen-bond acceptors (Lipinski definition) is 11. The van der Waals surface area contributed by atoms with Gasteiger partial charge in [0.1, 0.15) is 12.7 Å². The fourth-order valence-corrected chi connectivity index (χ4v) is 2.64. The van der Waals surface area contributed by atoms with E-state index in [-0.39, 0.29) is 19.8 Å². The Morgan fingerprint density at radius 1 is 0.730 bits per heavy atom. The van der Waals surface area contributed by atoms with E-state index in [9.17, 15) is 19.2 Å². The third-order valence-corrected chi connectivity index (χ3v) is 4.99. The predicted octanol–water partition coefficient (Wildman–Crippen LogP) is 1.73. The molecule has 4 atom stereocenters. The van der Waals surface area contributed by atoms with E-state index in [1.165, 1.54) is 20.8 Å². The third-order valence-electron chi connectivity index (χ3n) is 4.65. The molecule has 13 heteroatoms. The van der Waals surface area contributed by atoms with E-state index in [1.54, 1.807) is 13.8 Å². The third kappa shape index (κ3) is 22.2. The van der Waals surface area contributed by atoms with Crippen molar-refractivity contribution in [2.75, 3.05) is 65.2 Å². The van der Waals surface area contributed by atoms with Crippen LogP contribution in [-0.4, -0.2) is 128 Å². The van der Waals surface area contributed by atoms with Gasteiger partial charge in [-0.1, -0.05) is 7.43 Å². The van der Waals surface area contributed by atoms with E-state index in [0.29, 0.717) is 38.0 Å². The summed E-state index contributed by atoms with van der Waals surface area (Å²) in [7, 11) is 3.78. The largest absolute Gasteiger partial charge is 0.462 e. The fourth-order valence-electron chi connectivity index (χ4n) is 2.06. The molecule has 4 unspecified atom stereocenters. The number of ketones is 1. The summed E-state index contributed by atoms with van der Waals surface area (Å²) in [6.07, 6.45) is -3.67. The summed E-state index contributed by atoms with van der Waals surface area (Å²) in [5.74, 6) is -1.12. The van der Waals surface area contributed by atoms with Crippen LogP contribution in [0.1, 0.15) is 42.0 Å². The molecule has 11 nitrogen and oxygen atoms in total. The van der Waals surface area contributed by atoms with E-state index in [0.717, 1.165) is 6.54 Å². The maximum absolute atomic E-state index is 11.5. The average Bonchev–Trinajstić information content (AvgIpc) is 2.79. The first-order valence-corrected chi connectivity index (χ1v) is 12.7. The molecule has 0 spiro atoms. The van der Waals surface area contributed by atoms with Crippen molar-refractivity contribution in [1.29, 1.82) is 0 Å². The Balaban J connectivity index is -0.000000608. The van der Waals surface area contributed by atoms with Gasteiger partial charge in [-0.2, -0.15) is 0 Å². The Bertz CT molecular complexity index is 654. The number of aliphatic hydroxyl groups is 1. The number of nitrogens with zero attached hydrogens (tertiary/aromatic N) is 2. The van der Waals surface area contributed by atoms with Crippen molar-refractivity contribution in [3.05, 3.63) is 0 Å². The molecule has 0 fully saturated rings. The van der Waals surface area contributed by atoms with Gasteiger partial charge >= 0.3 is 17.9 Å². The number of carbonyl (C=O) groups excluding carboxylic acids is 4. The quantitative estimate of drug-likeness (QED) is 0.154. The minimum absolute atomic E-state index is 0.